The van der Waals surface area contributed by atoms with E-state index in [9.17, 15) is 4.79 Å². The first-order valence-electron chi connectivity index (χ1n) is 6.06. The number of nitrogens with one attached hydrogen (secondary N) is 1. The number of hydrogen-bond donors (Lipinski definition) is 1. The molecule has 0 aliphatic carbocycles. The second kappa shape index (κ2) is 5.56. The number of aryl methyl sites for hydroxylation is 1. The topological polar surface area (TPSA) is 64.4 Å². The third-order valence-corrected chi connectivity index (χ3v) is 2.36. The Labute approximate surface area is 111 Å². The van der Waals surface area contributed by atoms with Gasteiger partial charge >= 0.3 is 0 Å². The Balaban J connectivity index is 2.18. The van der Waals surface area contributed by atoms with Gasteiger partial charge in [-0.3, -0.25) is 4.79 Å². The predicted molar refractivity (Wildman–Crippen MR) is 71.4 cm³/mol. The van der Waals surface area contributed by atoms with Gasteiger partial charge in [-0.05, 0) is 32.9 Å². The number of anilines is 1. The quantitative estimate of drug-likeness (QED) is 0.917. The van der Waals surface area contributed by atoms with Crippen LogP contribution >= 0.6 is 0 Å². The number of carbonyl (C=O) groups excluding carboxylic acids is 1. The van der Waals surface area contributed by atoms with E-state index in [1.54, 1.807) is 31.2 Å². The molecule has 0 atom stereocenters. The van der Waals surface area contributed by atoms with Crippen molar-refractivity contribution < 1.29 is 14.1 Å². The van der Waals surface area contributed by atoms with Crippen molar-refractivity contribution in [2.24, 2.45) is 0 Å². The molecule has 5 nitrogen and oxygen atoms in total. The lowest BCUT2D eigenvalue weighted by molar-refractivity contribution is 0.102. The van der Waals surface area contributed by atoms with Crippen LogP contribution in [0, 0.1) is 6.92 Å². The van der Waals surface area contributed by atoms with Crippen LogP contribution in [0.5, 0.6) is 5.75 Å². The summed E-state index contributed by atoms with van der Waals surface area (Å²) in [5.41, 5.74) is 0.469. The molecule has 0 aliphatic rings. The average Bonchev–Trinajstić information content (AvgIpc) is 2.74. The average molecular weight is 260 g/mol. The van der Waals surface area contributed by atoms with Gasteiger partial charge in [-0.1, -0.05) is 17.3 Å². The predicted octanol–water partition coefficient (Wildman–Crippen LogP) is 3.02. The highest BCUT2D eigenvalue weighted by Gasteiger charge is 2.14. The molecule has 1 N–H and O–H groups in total. The van der Waals surface area contributed by atoms with Gasteiger partial charge < -0.3 is 14.6 Å². The van der Waals surface area contributed by atoms with Crippen LogP contribution in [-0.2, 0) is 0 Å². The summed E-state index contributed by atoms with van der Waals surface area (Å²) >= 11 is 0. The minimum atomic E-state index is -0.274. The summed E-state index contributed by atoms with van der Waals surface area (Å²) in [5.74, 6) is 1.31. The van der Waals surface area contributed by atoms with Crippen molar-refractivity contribution in [3.63, 3.8) is 0 Å². The smallest absolute Gasteiger partial charge is 0.260 e. The number of hydrogen-bond acceptors (Lipinski definition) is 4. The van der Waals surface area contributed by atoms with Crippen LogP contribution in [0.3, 0.4) is 0 Å². The Morgan fingerprint density at radius 2 is 2.11 bits per heavy atom. The van der Waals surface area contributed by atoms with E-state index in [0.29, 0.717) is 22.9 Å². The summed E-state index contributed by atoms with van der Waals surface area (Å²) in [7, 11) is 0. The van der Waals surface area contributed by atoms with Gasteiger partial charge in [0, 0.05) is 6.07 Å². The first-order chi connectivity index (χ1) is 9.06. The fourth-order valence-corrected chi connectivity index (χ4v) is 1.62. The van der Waals surface area contributed by atoms with E-state index >= 15 is 0 Å². The number of carbonyl (C=O) groups is 1. The molecule has 0 fully saturated rings. The van der Waals surface area contributed by atoms with Crippen LogP contribution < -0.4 is 10.1 Å². The van der Waals surface area contributed by atoms with E-state index in [4.69, 9.17) is 9.26 Å². The SMILES string of the molecule is Cc1cc(NC(=O)c2ccccc2OC(C)C)no1. The third kappa shape index (κ3) is 3.34. The Hall–Kier alpha value is -2.30. The van der Waals surface area contributed by atoms with Gasteiger partial charge in [-0.2, -0.15) is 0 Å². The summed E-state index contributed by atoms with van der Waals surface area (Å²) in [6.45, 7) is 5.59. The van der Waals surface area contributed by atoms with Gasteiger partial charge in [0.1, 0.15) is 11.5 Å². The maximum atomic E-state index is 12.2. The molecule has 1 amide bonds. The molecule has 0 saturated heterocycles. The fourth-order valence-electron chi connectivity index (χ4n) is 1.62. The van der Waals surface area contributed by atoms with E-state index in [1.165, 1.54) is 0 Å². The second-order valence-corrected chi connectivity index (χ2v) is 4.44. The molecule has 0 bridgehead atoms. The third-order valence-electron chi connectivity index (χ3n) is 2.36. The van der Waals surface area contributed by atoms with E-state index < -0.39 is 0 Å². The van der Waals surface area contributed by atoms with Crippen LogP contribution in [0.25, 0.3) is 0 Å². The van der Waals surface area contributed by atoms with Crippen molar-refractivity contribution in [1.29, 1.82) is 0 Å². The largest absolute Gasteiger partial charge is 0.490 e. The molecule has 1 heterocycles. The van der Waals surface area contributed by atoms with Gasteiger partial charge in [0.2, 0.25) is 0 Å². The number of aromatic nitrogens is 1. The molecule has 0 radical (unpaired) electrons. The molecule has 19 heavy (non-hydrogen) atoms. The Morgan fingerprint density at radius 3 is 2.74 bits per heavy atom. The van der Waals surface area contributed by atoms with Crippen molar-refractivity contribution in [3.05, 3.63) is 41.7 Å². The zero-order valence-corrected chi connectivity index (χ0v) is 11.1. The number of rotatable bonds is 4. The molecular weight excluding hydrogens is 244 g/mol. The fraction of sp³-hybridized carbons (Fsp3) is 0.286. The molecule has 2 aromatic rings. The molecular formula is C14H16N2O3. The summed E-state index contributed by atoms with van der Waals surface area (Å²) < 4.78 is 10.5. The number of para-hydroxylation sites is 1. The van der Waals surface area contributed by atoms with E-state index in [-0.39, 0.29) is 12.0 Å². The maximum Gasteiger partial charge on any atom is 0.260 e. The highest BCUT2D eigenvalue weighted by Crippen LogP contribution is 2.20. The molecule has 1 aromatic heterocycles. The normalized spacial score (nSPS) is 10.5. The number of amides is 1. The van der Waals surface area contributed by atoms with E-state index in [0.717, 1.165) is 0 Å². The number of nitrogens with zero attached hydrogens (tertiary/aromatic N) is 1. The molecule has 5 heteroatoms. The van der Waals surface area contributed by atoms with E-state index in [2.05, 4.69) is 10.5 Å². The molecule has 0 aliphatic heterocycles. The molecule has 0 spiro atoms. The van der Waals surface area contributed by atoms with Crippen LogP contribution in [0.2, 0.25) is 0 Å². The second-order valence-electron chi connectivity index (χ2n) is 4.44. The highest BCUT2D eigenvalue weighted by atomic mass is 16.5. The van der Waals surface area contributed by atoms with Crippen molar-refractivity contribution in [3.8, 4) is 5.75 Å². The maximum absolute atomic E-state index is 12.2. The Morgan fingerprint density at radius 1 is 1.37 bits per heavy atom. The zero-order valence-electron chi connectivity index (χ0n) is 11.1. The van der Waals surface area contributed by atoms with Crippen molar-refractivity contribution in [1.82, 2.24) is 5.16 Å². The van der Waals surface area contributed by atoms with Crippen molar-refractivity contribution in [2.45, 2.75) is 26.9 Å². The van der Waals surface area contributed by atoms with Crippen molar-refractivity contribution >= 4 is 11.7 Å². The monoisotopic (exact) mass is 260 g/mol. The highest BCUT2D eigenvalue weighted by molar-refractivity contribution is 6.05. The summed E-state index contributed by atoms with van der Waals surface area (Å²) in [6.07, 6.45) is 0.00300. The van der Waals surface area contributed by atoms with Gasteiger partial charge in [-0.15, -0.1) is 0 Å². The minimum absolute atomic E-state index is 0.00300. The van der Waals surface area contributed by atoms with Gasteiger partial charge in [0.25, 0.3) is 5.91 Å². The Bertz CT molecular complexity index is 576. The van der Waals surface area contributed by atoms with E-state index in [1.807, 2.05) is 19.9 Å². The standard InChI is InChI=1S/C14H16N2O3/c1-9(2)18-12-7-5-4-6-11(12)14(17)15-13-8-10(3)19-16-13/h4-9H,1-3H3,(H,15,16,17). The molecule has 100 valence electrons. The first-order valence-corrected chi connectivity index (χ1v) is 6.06. The molecule has 0 unspecified atom stereocenters. The molecule has 1 aromatic carbocycles. The summed E-state index contributed by atoms with van der Waals surface area (Å²) in [4.78, 5) is 12.2. The number of ether oxygens (including phenoxy) is 1. The van der Waals surface area contributed by atoms with Crippen LogP contribution in [-0.4, -0.2) is 17.2 Å². The number of benzene rings is 1. The Kier molecular flexibility index (Phi) is 3.85. The summed E-state index contributed by atoms with van der Waals surface area (Å²) in [6, 6.07) is 8.75. The molecule has 0 saturated carbocycles. The van der Waals surface area contributed by atoms with Crippen LogP contribution in [0.15, 0.2) is 34.9 Å². The van der Waals surface area contributed by atoms with Gasteiger partial charge in [0.15, 0.2) is 5.82 Å². The van der Waals surface area contributed by atoms with Gasteiger partial charge in [0.05, 0.1) is 11.7 Å². The van der Waals surface area contributed by atoms with Crippen LogP contribution in [0.4, 0.5) is 5.82 Å². The first kappa shape index (κ1) is 13.1. The van der Waals surface area contributed by atoms with Crippen LogP contribution in [0.1, 0.15) is 30.0 Å². The van der Waals surface area contributed by atoms with Crippen molar-refractivity contribution in [2.75, 3.05) is 5.32 Å². The zero-order chi connectivity index (χ0) is 13.8. The molecule has 2 rings (SSSR count). The van der Waals surface area contributed by atoms with Gasteiger partial charge in [-0.25, -0.2) is 0 Å². The lowest BCUT2D eigenvalue weighted by Gasteiger charge is -2.13. The lowest BCUT2D eigenvalue weighted by atomic mass is 10.2. The lowest BCUT2D eigenvalue weighted by Crippen LogP contribution is -2.15. The summed E-state index contributed by atoms with van der Waals surface area (Å²) in [5, 5.41) is 6.39. The minimum Gasteiger partial charge on any atom is -0.490 e.